The molecule has 0 spiro atoms. The van der Waals surface area contributed by atoms with Crippen LogP contribution in [0.2, 0.25) is 0 Å². The third-order valence-electron chi connectivity index (χ3n) is 6.68. The van der Waals surface area contributed by atoms with Gasteiger partial charge < -0.3 is 19.0 Å². The zero-order chi connectivity index (χ0) is 23.9. The van der Waals surface area contributed by atoms with Gasteiger partial charge in [0.05, 0.1) is 0 Å². The van der Waals surface area contributed by atoms with Gasteiger partial charge >= 0.3 is 0 Å². The predicted octanol–water partition coefficient (Wildman–Crippen LogP) is 7.32. The van der Waals surface area contributed by atoms with E-state index in [0.717, 1.165) is 61.5 Å². The maximum atomic E-state index is 6.17. The molecule has 34 heavy (non-hydrogen) atoms. The summed E-state index contributed by atoms with van der Waals surface area (Å²) in [6.45, 7) is 12.8. The number of rotatable bonds is 11. The Balaban J connectivity index is 1.27. The van der Waals surface area contributed by atoms with Crippen LogP contribution in [0.15, 0.2) is 82.7 Å². The van der Waals surface area contributed by atoms with E-state index in [-0.39, 0.29) is 6.10 Å². The van der Waals surface area contributed by atoms with Gasteiger partial charge in [-0.2, -0.15) is 0 Å². The molecule has 0 bridgehead atoms. The lowest BCUT2D eigenvalue weighted by Gasteiger charge is -2.27. The zero-order valence-corrected chi connectivity index (χ0v) is 21.0. The van der Waals surface area contributed by atoms with Crippen molar-refractivity contribution in [3.63, 3.8) is 0 Å². The number of anilines is 1. The highest BCUT2D eigenvalue weighted by Crippen LogP contribution is 2.31. The first-order valence-electron chi connectivity index (χ1n) is 12.8. The van der Waals surface area contributed by atoms with Crippen molar-refractivity contribution in [3.05, 3.63) is 84.0 Å². The molecule has 2 atom stereocenters. The Morgan fingerprint density at radius 1 is 0.853 bits per heavy atom. The highest BCUT2D eigenvalue weighted by Gasteiger charge is 2.28. The maximum Gasteiger partial charge on any atom is 0.136 e. The number of likely N-dealkylation sites (N-methyl/N-ethyl adjacent to an activating group) is 1. The quantitative estimate of drug-likeness (QED) is 0.330. The lowest BCUT2D eigenvalue weighted by Crippen LogP contribution is -2.26. The molecule has 2 unspecified atom stereocenters. The van der Waals surface area contributed by atoms with Crippen LogP contribution in [0.25, 0.3) is 17.0 Å². The van der Waals surface area contributed by atoms with Crippen molar-refractivity contribution in [2.45, 2.75) is 46.6 Å². The van der Waals surface area contributed by atoms with E-state index in [4.69, 9.17) is 9.15 Å². The van der Waals surface area contributed by atoms with E-state index in [9.17, 15) is 0 Å². The average molecular weight is 459 g/mol. The number of hydrogen-bond donors (Lipinski definition) is 0. The Morgan fingerprint density at radius 2 is 1.59 bits per heavy atom. The summed E-state index contributed by atoms with van der Waals surface area (Å²) in [5.74, 6) is 2.22. The van der Waals surface area contributed by atoms with E-state index in [1.807, 2.05) is 0 Å². The highest BCUT2D eigenvalue weighted by atomic mass is 16.5. The van der Waals surface area contributed by atoms with E-state index in [1.54, 1.807) is 0 Å². The molecule has 1 aromatic heterocycles. The van der Waals surface area contributed by atoms with Crippen molar-refractivity contribution in [3.8, 4) is 0 Å². The van der Waals surface area contributed by atoms with E-state index in [2.05, 4.69) is 110 Å². The molecule has 0 saturated heterocycles. The van der Waals surface area contributed by atoms with Gasteiger partial charge in [0.2, 0.25) is 0 Å². The molecule has 1 aliphatic carbocycles. The standard InChI is InChI=1S/C30H38N2O2/c1-5-31(6-2)25-17-15-23-19-27(33-29(23)21-25)13-11-9-10-12-14-28-20-24-16-18-26(22-30(24)34-28)32(7-3)8-4/h11-23,29H,5-10H2,1-4H3/b13-11+,14-12+. The molecule has 4 heteroatoms. The molecule has 0 fully saturated rings. The first-order valence-corrected chi connectivity index (χ1v) is 12.8. The van der Waals surface area contributed by atoms with E-state index in [1.165, 1.54) is 11.4 Å². The van der Waals surface area contributed by atoms with Gasteiger partial charge in [-0.3, -0.25) is 0 Å². The van der Waals surface area contributed by atoms with Crippen LogP contribution in [0.1, 0.15) is 46.3 Å². The third kappa shape index (κ3) is 5.49. The molecule has 0 radical (unpaired) electrons. The summed E-state index contributed by atoms with van der Waals surface area (Å²) < 4.78 is 12.2. The van der Waals surface area contributed by atoms with E-state index < -0.39 is 0 Å². The minimum Gasteiger partial charge on any atom is -0.486 e. The van der Waals surface area contributed by atoms with Crippen molar-refractivity contribution >= 4 is 22.7 Å². The van der Waals surface area contributed by atoms with Crippen LogP contribution >= 0.6 is 0 Å². The van der Waals surface area contributed by atoms with Gasteiger partial charge in [-0.25, -0.2) is 0 Å². The van der Waals surface area contributed by atoms with Crippen LogP contribution in [0.4, 0.5) is 5.69 Å². The number of nitrogens with zero attached hydrogens (tertiary/aromatic N) is 2. The van der Waals surface area contributed by atoms with E-state index in [0.29, 0.717) is 5.92 Å². The summed E-state index contributed by atoms with van der Waals surface area (Å²) in [5, 5.41) is 1.15. The van der Waals surface area contributed by atoms with Crippen LogP contribution < -0.4 is 4.90 Å². The fraction of sp³-hybridized carbons (Fsp3) is 0.400. The Morgan fingerprint density at radius 3 is 2.32 bits per heavy atom. The van der Waals surface area contributed by atoms with Crippen LogP contribution in [0.5, 0.6) is 0 Å². The zero-order valence-electron chi connectivity index (χ0n) is 21.0. The lowest BCUT2D eigenvalue weighted by molar-refractivity contribution is 0.169. The third-order valence-corrected chi connectivity index (χ3v) is 6.68. The normalized spacial score (nSPS) is 19.5. The average Bonchev–Trinajstić information content (AvgIpc) is 3.45. The lowest BCUT2D eigenvalue weighted by atomic mass is 9.97. The summed E-state index contributed by atoms with van der Waals surface area (Å²) in [5.41, 5.74) is 3.43. The second kappa shape index (κ2) is 11.3. The van der Waals surface area contributed by atoms with Crippen molar-refractivity contribution in [2.75, 3.05) is 31.1 Å². The van der Waals surface area contributed by atoms with Crippen LogP contribution in [0.3, 0.4) is 0 Å². The SMILES string of the molecule is CCN(CC)C1=CC2OC(/C=C/CC/C=C/c3cc4ccc(N(CC)CC)cc4o3)=CC2C=C1. The number of hydrogen-bond acceptors (Lipinski definition) is 4. The molecule has 1 aliphatic heterocycles. The fourth-order valence-electron chi connectivity index (χ4n) is 4.70. The molecule has 0 N–H and O–H groups in total. The summed E-state index contributed by atoms with van der Waals surface area (Å²) >= 11 is 0. The van der Waals surface area contributed by atoms with Gasteiger partial charge in [0.15, 0.2) is 0 Å². The van der Waals surface area contributed by atoms with E-state index >= 15 is 0 Å². The Kier molecular flexibility index (Phi) is 7.99. The molecule has 0 amide bonds. The first-order chi connectivity index (χ1) is 16.6. The molecular formula is C30H38N2O2. The van der Waals surface area contributed by atoms with Gasteiger partial charge in [0.1, 0.15) is 23.2 Å². The largest absolute Gasteiger partial charge is 0.486 e. The van der Waals surface area contributed by atoms with Gasteiger partial charge in [-0.15, -0.1) is 0 Å². The molecule has 2 heterocycles. The summed E-state index contributed by atoms with van der Waals surface area (Å²) in [7, 11) is 0. The number of fused-ring (bicyclic) bond motifs is 2. The monoisotopic (exact) mass is 458 g/mol. The van der Waals surface area contributed by atoms with Gasteiger partial charge in [-0.05, 0) is 89.1 Å². The summed E-state index contributed by atoms with van der Waals surface area (Å²) in [6.07, 6.45) is 19.6. The highest BCUT2D eigenvalue weighted by molar-refractivity contribution is 5.83. The number of ether oxygens (including phenoxy) is 1. The number of allylic oxidation sites excluding steroid dienone is 4. The molecule has 1 aromatic carbocycles. The molecule has 2 aliphatic rings. The van der Waals surface area contributed by atoms with Crippen molar-refractivity contribution in [1.82, 2.24) is 4.90 Å². The number of benzene rings is 1. The molecular weight excluding hydrogens is 420 g/mol. The van der Waals surface area contributed by atoms with Crippen LogP contribution in [0, 0.1) is 5.92 Å². The smallest absolute Gasteiger partial charge is 0.136 e. The fourth-order valence-corrected chi connectivity index (χ4v) is 4.70. The predicted molar refractivity (Wildman–Crippen MR) is 144 cm³/mol. The molecule has 4 nitrogen and oxygen atoms in total. The Labute approximate surface area is 204 Å². The van der Waals surface area contributed by atoms with Crippen molar-refractivity contribution in [2.24, 2.45) is 5.92 Å². The van der Waals surface area contributed by atoms with Crippen LogP contribution in [-0.4, -0.2) is 37.2 Å². The molecule has 2 aromatic rings. The number of furan rings is 1. The molecule has 0 saturated carbocycles. The first kappa shape index (κ1) is 24.0. The molecule has 180 valence electrons. The Hall–Kier alpha value is -3.14. The second-order valence-electron chi connectivity index (χ2n) is 8.78. The Bertz CT molecular complexity index is 1110. The summed E-state index contributed by atoms with van der Waals surface area (Å²) in [6, 6.07) is 8.58. The van der Waals surface area contributed by atoms with Gasteiger partial charge in [-0.1, -0.05) is 18.2 Å². The second-order valence-corrected chi connectivity index (χ2v) is 8.78. The molecule has 4 rings (SSSR count). The van der Waals surface area contributed by atoms with Gasteiger partial charge in [0.25, 0.3) is 0 Å². The van der Waals surface area contributed by atoms with Gasteiger partial charge in [0, 0.05) is 54.9 Å². The minimum atomic E-state index is 0.121. The van der Waals surface area contributed by atoms with Crippen molar-refractivity contribution in [1.29, 1.82) is 0 Å². The minimum absolute atomic E-state index is 0.121. The van der Waals surface area contributed by atoms with Crippen LogP contribution in [-0.2, 0) is 4.74 Å². The maximum absolute atomic E-state index is 6.17. The summed E-state index contributed by atoms with van der Waals surface area (Å²) in [4.78, 5) is 4.70. The topological polar surface area (TPSA) is 28.9 Å². The van der Waals surface area contributed by atoms with Crippen molar-refractivity contribution < 1.29 is 9.15 Å². The number of unbranched alkanes of at least 4 members (excludes halogenated alkanes) is 1.